The second-order valence-electron chi connectivity index (χ2n) is 7.75. The summed E-state index contributed by atoms with van der Waals surface area (Å²) in [7, 11) is 4.21. The van der Waals surface area contributed by atoms with Crippen LogP contribution in [0.15, 0.2) is 30.5 Å². The van der Waals surface area contributed by atoms with Crippen LogP contribution in [0.1, 0.15) is 6.42 Å². The number of benzene rings is 1. The zero-order valence-corrected chi connectivity index (χ0v) is 20.5. The van der Waals surface area contributed by atoms with Crippen LogP contribution >= 0.6 is 11.6 Å². The zero-order valence-electron chi connectivity index (χ0n) is 18.7. The van der Waals surface area contributed by atoms with Crippen LogP contribution in [0.5, 0.6) is 0 Å². The number of nitrogens with one attached hydrogen (secondary N) is 2. The van der Waals surface area contributed by atoms with Crippen molar-refractivity contribution in [3.8, 4) is 0 Å². The van der Waals surface area contributed by atoms with E-state index in [1.165, 1.54) is 11.8 Å². The summed E-state index contributed by atoms with van der Waals surface area (Å²) >= 11 is 6.04. The average molecular weight is 491 g/mol. The maximum absolute atomic E-state index is 6.04. The van der Waals surface area contributed by atoms with Gasteiger partial charge < -0.3 is 15.5 Å². The van der Waals surface area contributed by atoms with Crippen LogP contribution in [0.4, 0.5) is 5.69 Å². The molecule has 2 aliphatic rings. The summed E-state index contributed by atoms with van der Waals surface area (Å²) < 4.78 is 0. The van der Waals surface area contributed by atoms with Crippen LogP contribution < -0.4 is 10.6 Å². The fourth-order valence-electron chi connectivity index (χ4n) is 3.42. The van der Waals surface area contributed by atoms with E-state index in [0.29, 0.717) is 5.02 Å². The summed E-state index contributed by atoms with van der Waals surface area (Å²) in [6, 6.07) is 7.84. The van der Waals surface area contributed by atoms with Gasteiger partial charge in [0.2, 0.25) is 0 Å². The Morgan fingerprint density at radius 3 is 2.34 bits per heavy atom. The third-order valence-electron chi connectivity index (χ3n) is 4.92. The number of pyridine rings is 1. The van der Waals surface area contributed by atoms with Crippen molar-refractivity contribution in [3.63, 3.8) is 0 Å². The van der Waals surface area contributed by atoms with Gasteiger partial charge in [0.25, 0.3) is 0 Å². The number of nitrogens with zero attached hydrogens (tertiary/aromatic N) is 2. The largest absolute Gasteiger partial charge is 2.00 e. The number of anilines is 1. The average Bonchev–Trinajstić information content (AvgIpc) is 3.45. The van der Waals surface area contributed by atoms with Gasteiger partial charge in [0.1, 0.15) is 0 Å². The quantitative estimate of drug-likeness (QED) is 0.397. The third kappa shape index (κ3) is 9.19. The monoisotopic (exact) mass is 490 g/mol. The van der Waals surface area contributed by atoms with Crippen LogP contribution in [0, 0.1) is 63.2 Å². The molecule has 0 saturated heterocycles. The van der Waals surface area contributed by atoms with Crippen LogP contribution in [0.3, 0.4) is 0 Å². The molecule has 10 radical (unpaired) electrons. The fraction of sp³-hybridized carbons (Fsp3) is 0.269. The van der Waals surface area contributed by atoms with Gasteiger partial charge in [-0.15, -0.1) is 0 Å². The van der Waals surface area contributed by atoms with Gasteiger partial charge in [-0.2, -0.15) is 0 Å². The normalized spacial score (nSPS) is 16.8. The second kappa shape index (κ2) is 15.1. The predicted octanol–water partition coefficient (Wildman–Crippen LogP) is 4.64. The molecule has 2 saturated carbocycles. The first kappa shape index (κ1) is 27.4. The van der Waals surface area contributed by atoms with Crippen LogP contribution in [0.2, 0.25) is 5.02 Å². The van der Waals surface area contributed by atoms with E-state index in [2.05, 4.69) is 53.9 Å². The van der Waals surface area contributed by atoms with Gasteiger partial charge in [-0.25, -0.2) is 0 Å². The van der Waals surface area contributed by atoms with E-state index < -0.39 is 0 Å². The standard InChI is InChI=1S/C21H26ClN4.C5H5.Fe/c1-26(2)15-17-6-3-5-16(17)14-23-10-4-11-24-20-9-12-25-21-13-18(22)7-8-19(20)21;1-2-4-5-3-1;/h3,5-9,12-13,23H,4,10-11,14-15H2,1-2H3,(H,24,25);1-5H;/q;;+2. The molecule has 0 bridgehead atoms. The van der Waals surface area contributed by atoms with Crippen molar-refractivity contribution in [1.29, 1.82) is 0 Å². The minimum atomic E-state index is 0. The van der Waals surface area contributed by atoms with Crippen molar-refractivity contribution in [2.24, 2.45) is 0 Å². The number of fused-ring (bicyclic) bond motifs is 1. The van der Waals surface area contributed by atoms with Crippen molar-refractivity contribution in [3.05, 3.63) is 98.7 Å². The minimum absolute atomic E-state index is 0. The zero-order chi connectivity index (χ0) is 21.9. The van der Waals surface area contributed by atoms with Gasteiger partial charge in [0.15, 0.2) is 0 Å². The second-order valence-corrected chi connectivity index (χ2v) is 8.19. The SMILES string of the molecule is CN(C)C[C]1[CH][CH][CH][C]1CNCCCNc1ccnc2cc(Cl)ccc12.[CH]1[CH][CH][CH][CH]1.[Fe+2]. The van der Waals surface area contributed by atoms with E-state index in [4.69, 9.17) is 11.6 Å². The van der Waals surface area contributed by atoms with Crippen molar-refractivity contribution in [2.45, 2.75) is 6.42 Å². The molecule has 2 aliphatic carbocycles. The van der Waals surface area contributed by atoms with Crippen molar-refractivity contribution in [2.75, 3.05) is 45.6 Å². The molecular weight excluding hydrogens is 460 g/mol. The first-order chi connectivity index (χ1) is 15.1. The molecule has 0 atom stereocenters. The van der Waals surface area contributed by atoms with E-state index in [0.717, 1.165) is 49.2 Å². The maximum Gasteiger partial charge on any atom is 2.00 e. The number of halogens is 1. The molecule has 1 aromatic carbocycles. The van der Waals surface area contributed by atoms with Crippen LogP contribution in [0.25, 0.3) is 10.9 Å². The number of hydrogen-bond acceptors (Lipinski definition) is 4. The van der Waals surface area contributed by atoms with E-state index in [-0.39, 0.29) is 17.1 Å². The molecular formula is C26H31ClFeN4+2. The molecule has 2 N–H and O–H groups in total. The molecule has 4 nitrogen and oxygen atoms in total. The Morgan fingerprint density at radius 2 is 1.62 bits per heavy atom. The van der Waals surface area contributed by atoms with Crippen LogP contribution in [-0.2, 0) is 17.1 Å². The van der Waals surface area contributed by atoms with E-state index in [1.54, 1.807) is 0 Å². The molecule has 6 heteroatoms. The number of aromatic nitrogens is 1. The smallest absolute Gasteiger partial charge is 0.384 e. The van der Waals surface area contributed by atoms with Gasteiger partial charge in [-0.1, -0.05) is 11.6 Å². The Bertz CT molecular complexity index is 774. The molecule has 0 unspecified atom stereocenters. The third-order valence-corrected chi connectivity index (χ3v) is 5.15. The van der Waals surface area contributed by atoms with Crippen molar-refractivity contribution >= 4 is 28.2 Å². The summed E-state index contributed by atoms with van der Waals surface area (Å²) in [6.45, 7) is 3.81. The molecule has 2 fully saturated rings. The Balaban J connectivity index is 0.000000534. The molecule has 0 spiro atoms. The summed E-state index contributed by atoms with van der Waals surface area (Å²) in [5.74, 6) is 2.80. The first-order valence-electron chi connectivity index (χ1n) is 10.7. The van der Waals surface area contributed by atoms with Gasteiger partial charge >= 0.3 is 17.1 Å². The maximum atomic E-state index is 6.04. The Labute approximate surface area is 210 Å². The Kier molecular flexibility index (Phi) is 13.0. The predicted molar refractivity (Wildman–Crippen MR) is 132 cm³/mol. The summed E-state index contributed by atoms with van der Waals surface area (Å²) in [5, 5.41) is 8.87. The molecule has 0 amide bonds. The summed E-state index contributed by atoms with van der Waals surface area (Å²) in [6.07, 6.45) is 19.4. The summed E-state index contributed by atoms with van der Waals surface area (Å²) in [4.78, 5) is 6.58. The fourth-order valence-corrected chi connectivity index (χ4v) is 3.58. The molecule has 2 aromatic rings. The minimum Gasteiger partial charge on any atom is -0.384 e. The van der Waals surface area contributed by atoms with E-state index in [9.17, 15) is 0 Å². The van der Waals surface area contributed by atoms with Gasteiger partial charge in [-0.05, 0) is 103 Å². The molecule has 1 heterocycles. The van der Waals surface area contributed by atoms with Crippen molar-refractivity contribution in [1.82, 2.24) is 15.2 Å². The topological polar surface area (TPSA) is 40.2 Å². The Morgan fingerprint density at radius 1 is 0.906 bits per heavy atom. The van der Waals surface area contributed by atoms with Gasteiger partial charge in [0.05, 0.1) is 5.52 Å². The van der Waals surface area contributed by atoms with Crippen molar-refractivity contribution < 1.29 is 17.1 Å². The van der Waals surface area contributed by atoms with Crippen LogP contribution in [-0.4, -0.2) is 50.2 Å². The molecule has 32 heavy (non-hydrogen) atoms. The molecule has 1 aromatic heterocycles. The van der Waals surface area contributed by atoms with Gasteiger partial charge in [-0.3, -0.25) is 4.98 Å². The number of rotatable bonds is 9. The summed E-state index contributed by atoms with van der Waals surface area (Å²) in [5.41, 5.74) is 2.03. The van der Waals surface area contributed by atoms with E-state index >= 15 is 0 Å². The Hall–Kier alpha value is -0.841. The number of hydrogen-bond donors (Lipinski definition) is 2. The van der Waals surface area contributed by atoms with Gasteiger partial charge in [0, 0.05) is 53.8 Å². The molecule has 168 valence electrons. The first-order valence-corrected chi connectivity index (χ1v) is 11.0. The van der Waals surface area contributed by atoms with E-state index in [1.807, 2.05) is 62.6 Å². The molecule has 4 rings (SSSR count). The molecule has 0 aliphatic heterocycles.